The Morgan fingerprint density at radius 3 is 1.92 bits per heavy atom. The van der Waals surface area contributed by atoms with Crippen molar-refractivity contribution in [2.24, 2.45) is 11.3 Å². The maximum Gasteiger partial charge on any atom is 0.0947 e. The van der Waals surface area contributed by atoms with E-state index in [-0.39, 0.29) is 19.8 Å². The lowest BCUT2D eigenvalue weighted by Gasteiger charge is -2.36. The quantitative estimate of drug-likeness (QED) is 0.435. The Morgan fingerprint density at radius 1 is 0.846 bits per heavy atom. The van der Waals surface area contributed by atoms with Gasteiger partial charge in [0.15, 0.2) is 0 Å². The molecule has 0 bridgehead atoms. The minimum Gasteiger partial charge on any atom is -0.395 e. The summed E-state index contributed by atoms with van der Waals surface area (Å²) in [6.07, 6.45) is 6.57. The summed E-state index contributed by atoms with van der Waals surface area (Å²) in [4.78, 5) is 0. The minimum atomic E-state index is -1.08. The van der Waals surface area contributed by atoms with Crippen LogP contribution in [-0.4, -0.2) is 41.7 Å². The van der Waals surface area contributed by atoms with Crippen molar-refractivity contribution < 1.29 is 20.1 Å². The number of ether oxygens (including phenoxy) is 1. The molecule has 1 aromatic carbocycles. The number of rotatable bonds is 14. The Kier molecular flexibility index (Phi) is 11.1. The van der Waals surface area contributed by atoms with Gasteiger partial charge >= 0.3 is 0 Å². The van der Waals surface area contributed by atoms with Gasteiger partial charge in [-0.2, -0.15) is 0 Å². The van der Waals surface area contributed by atoms with Crippen LogP contribution in [0, 0.1) is 18.3 Å². The summed E-state index contributed by atoms with van der Waals surface area (Å²) in [6.45, 7) is 6.11. The second-order valence-corrected chi connectivity index (χ2v) is 7.95. The Labute approximate surface area is 159 Å². The molecule has 1 rings (SSSR count). The molecule has 0 heterocycles. The first-order valence-corrected chi connectivity index (χ1v) is 10.00. The Morgan fingerprint density at radius 2 is 1.38 bits per heavy atom. The summed E-state index contributed by atoms with van der Waals surface area (Å²) in [7, 11) is 0. The molecule has 0 radical (unpaired) electrons. The van der Waals surface area contributed by atoms with Crippen LogP contribution >= 0.6 is 0 Å². The predicted molar refractivity (Wildman–Crippen MR) is 106 cm³/mol. The van der Waals surface area contributed by atoms with Crippen LogP contribution in [0.5, 0.6) is 0 Å². The van der Waals surface area contributed by atoms with Gasteiger partial charge in [0.2, 0.25) is 0 Å². The summed E-state index contributed by atoms with van der Waals surface area (Å²) in [6, 6.07) is 7.86. The molecule has 1 atom stereocenters. The fourth-order valence-electron chi connectivity index (χ4n) is 3.15. The van der Waals surface area contributed by atoms with Gasteiger partial charge in [-0.25, -0.2) is 0 Å². The lowest BCUT2D eigenvalue weighted by Crippen LogP contribution is -2.41. The molecule has 1 aromatic rings. The fourth-order valence-corrected chi connectivity index (χ4v) is 3.15. The van der Waals surface area contributed by atoms with Gasteiger partial charge in [0, 0.05) is 6.61 Å². The number of unbranched alkanes of at least 4 members (excludes halogenated alkanes) is 4. The van der Waals surface area contributed by atoms with E-state index in [1.54, 1.807) is 0 Å². The summed E-state index contributed by atoms with van der Waals surface area (Å²) >= 11 is 0. The molecule has 0 saturated carbocycles. The molecule has 1 unspecified atom stereocenters. The lowest BCUT2D eigenvalue weighted by molar-refractivity contribution is -0.117. The first-order chi connectivity index (χ1) is 12.5. The normalized spacial score (nSPS) is 13.3. The molecule has 26 heavy (non-hydrogen) atoms. The van der Waals surface area contributed by atoms with Crippen LogP contribution in [-0.2, 0) is 4.74 Å². The zero-order chi connectivity index (χ0) is 19.4. The molecule has 0 amide bonds. The van der Waals surface area contributed by atoms with Gasteiger partial charge in [-0.05, 0) is 24.8 Å². The molecule has 0 aromatic heterocycles. The van der Waals surface area contributed by atoms with Crippen LogP contribution in [0.4, 0.5) is 0 Å². The smallest absolute Gasteiger partial charge is 0.0947 e. The van der Waals surface area contributed by atoms with Gasteiger partial charge in [-0.15, -0.1) is 0 Å². The minimum absolute atomic E-state index is 0.326. The van der Waals surface area contributed by atoms with Gasteiger partial charge < -0.3 is 20.1 Å². The largest absolute Gasteiger partial charge is 0.395 e. The molecule has 0 saturated heterocycles. The van der Waals surface area contributed by atoms with E-state index in [4.69, 9.17) is 4.74 Å². The van der Waals surface area contributed by atoms with Gasteiger partial charge in [0.05, 0.1) is 31.3 Å². The fraction of sp³-hybridized carbons (Fsp3) is 0.727. The van der Waals surface area contributed by atoms with E-state index in [2.05, 4.69) is 13.8 Å². The summed E-state index contributed by atoms with van der Waals surface area (Å²) < 4.78 is 6.07. The lowest BCUT2D eigenvalue weighted by atomic mass is 9.80. The number of benzene rings is 1. The van der Waals surface area contributed by atoms with Crippen molar-refractivity contribution in [3.05, 3.63) is 35.4 Å². The van der Waals surface area contributed by atoms with Crippen molar-refractivity contribution in [3.63, 3.8) is 0 Å². The second kappa shape index (κ2) is 12.4. The van der Waals surface area contributed by atoms with Crippen LogP contribution < -0.4 is 0 Å². The standard InChI is InChI=1S/C22H38O4/c1-18(2)9-7-5-4-6-8-14-26-21(22(15-23,16-24)17-25)20-12-10-19(3)11-13-20/h10-13,18,21,23-25H,4-9,14-17H2,1-3H3. The zero-order valence-electron chi connectivity index (χ0n) is 16.8. The maximum atomic E-state index is 9.81. The topological polar surface area (TPSA) is 69.9 Å². The van der Waals surface area contributed by atoms with Crippen molar-refractivity contribution >= 4 is 0 Å². The van der Waals surface area contributed by atoms with Gasteiger partial charge in [-0.3, -0.25) is 0 Å². The molecule has 4 heteroatoms. The van der Waals surface area contributed by atoms with E-state index >= 15 is 0 Å². The van der Waals surface area contributed by atoms with Crippen LogP contribution in [0.25, 0.3) is 0 Å². The van der Waals surface area contributed by atoms with E-state index in [1.807, 2.05) is 31.2 Å². The highest BCUT2D eigenvalue weighted by Gasteiger charge is 2.39. The number of aliphatic hydroxyl groups is 3. The third kappa shape index (κ3) is 7.36. The van der Waals surface area contributed by atoms with E-state index in [9.17, 15) is 15.3 Å². The molecule has 150 valence electrons. The highest BCUT2D eigenvalue weighted by Crippen LogP contribution is 2.36. The average molecular weight is 367 g/mol. The van der Waals surface area contributed by atoms with E-state index < -0.39 is 11.5 Å². The van der Waals surface area contributed by atoms with E-state index in [1.165, 1.54) is 25.7 Å². The molecule has 3 N–H and O–H groups in total. The molecule has 4 nitrogen and oxygen atoms in total. The molecule has 0 fully saturated rings. The highest BCUT2D eigenvalue weighted by molar-refractivity contribution is 5.25. The van der Waals surface area contributed by atoms with Gasteiger partial charge in [-0.1, -0.05) is 75.8 Å². The van der Waals surface area contributed by atoms with Crippen molar-refractivity contribution in [3.8, 4) is 0 Å². The van der Waals surface area contributed by atoms with E-state index in [0.29, 0.717) is 6.61 Å². The van der Waals surface area contributed by atoms with Gasteiger partial charge in [0.25, 0.3) is 0 Å². The predicted octanol–water partition coefficient (Wildman–Crippen LogP) is 4.01. The molecule has 0 spiro atoms. The Balaban J connectivity index is 2.57. The third-order valence-corrected chi connectivity index (χ3v) is 5.09. The van der Waals surface area contributed by atoms with Crippen LogP contribution in [0.1, 0.15) is 69.6 Å². The van der Waals surface area contributed by atoms with Crippen LogP contribution in [0.15, 0.2) is 24.3 Å². The molecule has 0 aliphatic rings. The first kappa shape index (κ1) is 23.1. The van der Waals surface area contributed by atoms with Crippen LogP contribution in [0.3, 0.4) is 0 Å². The molecule has 0 aliphatic heterocycles. The van der Waals surface area contributed by atoms with Crippen molar-refractivity contribution in [1.82, 2.24) is 0 Å². The number of aryl methyl sites for hydroxylation is 1. The SMILES string of the molecule is Cc1ccc(C(OCCCCCCCC(C)C)C(CO)(CO)CO)cc1. The monoisotopic (exact) mass is 366 g/mol. The molecular weight excluding hydrogens is 328 g/mol. The summed E-state index contributed by atoms with van der Waals surface area (Å²) in [5.41, 5.74) is 0.938. The second-order valence-electron chi connectivity index (χ2n) is 7.95. The van der Waals surface area contributed by atoms with Crippen molar-refractivity contribution in [2.75, 3.05) is 26.4 Å². The van der Waals surface area contributed by atoms with Crippen molar-refractivity contribution in [1.29, 1.82) is 0 Å². The average Bonchev–Trinajstić information content (AvgIpc) is 2.64. The zero-order valence-corrected chi connectivity index (χ0v) is 16.8. The summed E-state index contributed by atoms with van der Waals surface area (Å²) in [5, 5.41) is 29.4. The Hall–Kier alpha value is -0.940. The molecule has 0 aliphatic carbocycles. The summed E-state index contributed by atoms with van der Waals surface area (Å²) in [5.74, 6) is 0.775. The molecular formula is C22H38O4. The third-order valence-electron chi connectivity index (χ3n) is 5.09. The van der Waals surface area contributed by atoms with Crippen LogP contribution in [0.2, 0.25) is 0 Å². The number of aliphatic hydroxyl groups excluding tert-OH is 3. The number of hydrogen-bond acceptors (Lipinski definition) is 4. The Bertz CT molecular complexity index is 457. The highest BCUT2D eigenvalue weighted by atomic mass is 16.5. The van der Waals surface area contributed by atoms with Gasteiger partial charge in [0.1, 0.15) is 0 Å². The maximum absolute atomic E-state index is 9.81. The van der Waals surface area contributed by atoms with E-state index in [0.717, 1.165) is 29.9 Å². The first-order valence-electron chi connectivity index (χ1n) is 10.00. The van der Waals surface area contributed by atoms with Crippen molar-refractivity contribution in [2.45, 2.75) is 65.4 Å². The number of hydrogen-bond donors (Lipinski definition) is 3.